The fourth-order valence-corrected chi connectivity index (χ4v) is 1.71. The molecule has 8 heteroatoms. The first-order chi connectivity index (χ1) is 8.75. The second-order valence-electron chi connectivity index (χ2n) is 4.28. The van der Waals surface area contributed by atoms with E-state index >= 15 is 0 Å². The van der Waals surface area contributed by atoms with E-state index in [9.17, 15) is 22.0 Å². The number of nitrogens with zero attached hydrogens (tertiary/aromatic N) is 3. The van der Waals surface area contributed by atoms with Crippen LogP contribution in [0.5, 0.6) is 0 Å². The zero-order valence-corrected chi connectivity index (χ0v) is 10.8. The van der Waals surface area contributed by atoms with Gasteiger partial charge in [0, 0.05) is 6.54 Å². The van der Waals surface area contributed by atoms with Gasteiger partial charge >= 0.3 is 12.1 Å². The third kappa shape index (κ3) is 3.22. The van der Waals surface area contributed by atoms with E-state index < -0.39 is 17.8 Å². The van der Waals surface area contributed by atoms with E-state index in [4.69, 9.17) is 0 Å². The van der Waals surface area contributed by atoms with Crippen LogP contribution in [0.1, 0.15) is 44.5 Å². The highest BCUT2D eigenvalue weighted by Crippen LogP contribution is 2.44. The molecule has 0 N–H and O–H groups in total. The zero-order chi connectivity index (χ0) is 14.7. The van der Waals surface area contributed by atoms with Gasteiger partial charge in [-0.3, -0.25) is 0 Å². The summed E-state index contributed by atoms with van der Waals surface area (Å²) in [5, 5.41) is 6.91. The van der Waals surface area contributed by atoms with Gasteiger partial charge in [-0.05, 0) is 19.3 Å². The summed E-state index contributed by atoms with van der Waals surface area (Å²) in [6, 6.07) is 0. The van der Waals surface area contributed by atoms with Crippen LogP contribution in [0, 0.1) is 0 Å². The lowest BCUT2D eigenvalue weighted by molar-refractivity contribution is -0.292. The molecule has 0 atom stereocenters. The summed E-state index contributed by atoms with van der Waals surface area (Å²) in [5.41, 5.74) is -1.38. The molecule has 0 spiro atoms. The van der Waals surface area contributed by atoms with Crippen LogP contribution in [-0.2, 0) is 18.9 Å². The summed E-state index contributed by atoms with van der Waals surface area (Å²) in [5.74, 6) is -4.92. The fraction of sp³-hybridized carbons (Fsp3) is 0.818. The molecule has 1 heterocycles. The molecule has 1 rings (SSSR count). The van der Waals surface area contributed by atoms with Gasteiger partial charge in [0.2, 0.25) is 0 Å². The number of aryl methyl sites for hydroxylation is 2. The average molecular weight is 285 g/mol. The average Bonchev–Trinajstić information content (AvgIpc) is 2.69. The van der Waals surface area contributed by atoms with Crippen LogP contribution in [0.4, 0.5) is 22.0 Å². The van der Waals surface area contributed by atoms with Crippen LogP contribution in [0.15, 0.2) is 0 Å². The van der Waals surface area contributed by atoms with E-state index in [1.807, 2.05) is 6.92 Å². The number of rotatable bonds is 6. The van der Waals surface area contributed by atoms with Gasteiger partial charge in [0.05, 0.1) is 5.69 Å². The van der Waals surface area contributed by atoms with E-state index in [0.29, 0.717) is 23.9 Å². The molecule has 110 valence electrons. The third-order valence-corrected chi connectivity index (χ3v) is 2.66. The second kappa shape index (κ2) is 5.83. The minimum Gasteiger partial charge on any atom is -0.243 e. The lowest BCUT2D eigenvalue weighted by atomic mass is 10.1. The van der Waals surface area contributed by atoms with Crippen LogP contribution < -0.4 is 0 Å². The molecule has 0 saturated carbocycles. The summed E-state index contributed by atoms with van der Waals surface area (Å²) < 4.78 is 65.2. The van der Waals surface area contributed by atoms with Gasteiger partial charge in [0.15, 0.2) is 0 Å². The number of hydrogen-bond acceptors (Lipinski definition) is 2. The normalized spacial score (nSPS) is 13.0. The molecule has 19 heavy (non-hydrogen) atoms. The van der Waals surface area contributed by atoms with Gasteiger partial charge in [-0.1, -0.05) is 25.5 Å². The lowest BCUT2D eigenvalue weighted by Gasteiger charge is -2.21. The number of aromatic nitrogens is 3. The molecular formula is C11H16F5N3. The summed E-state index contributed by atoms with van der Waals surface area (Å²) >= 11 is 0. The molecule has 0 aliphatic heterocycles. The third-order valence-electron chi connectivity index (χ3n) is 2.66. The quantitative estimate of drug-likeness (QED) is 0.746. The van der Waals surface area contributed by atoms with Gasteiger partial charge in [-0.2, -0.15) is 22.0 Å². The van der Waals surface area contributed by atoms with Crippen LogP contribution >= 0.6 is 0 Å². The molecule has 0 aromatic carbocycles. The van der Waals surface area contributed by atoms with E-state index in [2.05, 4.69) is 10.3 Å². The summed E-state index contributed by atoms with van der Waals surface area (Å²) in [6.07, 6.45) is -4.00. The molecule has 0 amide bonds. The Morgan fingerprint density at radius 3 is 2.16 bits per heavy atom. The van der Waals surface area contributed by atoms with Crippen molar-refractivity contribution in [2.75, 3.05) is 0 Å². The van der Waals surface area contributed by atoms with Gasteiger partial charge in [-0.15, -0.1) is 5.10 Å². The molecule has 1 aromatic heterocycles. The first-order valence-electron chi connectivity index (χ1n) is 6.13. The van der Waals surface area contributed by atoms with E-state index in [1.54, 1.807) is 6.92 Å². The van der Waals surface area contributed by atoms with Crippen LogP contribution in [0.25, 0.3) is 0 Å². The number of alkyl halides is 5. The summed E-state index contributed by atoms with van der Waals surface area (Å²) in [7, 11) is 0. The largest absolute Gasteiger partial charge is 0.459 e. The number of hydrogen-bond donors (Lipinski definition) is 0. The Labute approximate surface area is 107 Å². The molecule has 0 aliphatic rings. The molecule has 0 fully saturated rings. The SMILES string of the molecule is CCCCc1nnn(CCC)c1C(F)(F)C(F)(F)F. The summed E-state index contributed by atoms with van der Waals surface area (Å²) in [4.78, 5) is 0. The van der Waals surface area contributed by atoms with Gasteiger partial charge in [0.1, 0.15) is 5.69 Å². The van der Waals surface area contributed by atoms with Crippen molar-refractivity contribution in [3.8, 4) is 0 Å². The van der Waals surface area contributed by atoms with Crippen LogP contribution in [0.2, 0.25) is 0 Å². The Bertz CT molecular complexity index is 411. The second-order valence-corrected chi connectivity index (χ2v) is 4.28. The van der Waals surface area contributed by atoms with Crippen molar-refractivity contribution in [1.82, 2.24) is 15.0 Å². The highest BCUT2D eigenvalue weighted by atomic mass is 19.4. The van der Waals surface area contributed by atoms with Crippen molar-refractivity contribution in [2.24, 2.45) is 0 Å². The predicted octanol–water partition coefficient (Wildman–Crippen LogP) is 3.68. The maximum atomic E-state index is 13.5. The Kier molecular flexibility index (Phi) is 4.86. The Hall–Kier alpha value is -1.21. The molecule has 0 aliphatic carbocycles. The molecule has 0 saturated heterocycles. The van der Waals surface area contributed by atoms with Gasteiger partial charge < -0.3 is 0 Å². The predicted molar refractivity (Wildman–Crippen MR) is 58.9 cm³/mol. The highest BCUT2D eigenvalue weighted by molar-refractivity contribution is 5.18. The van der Waals surface area contributed by atoms with Crippen LogP contribution in [-0.4, -0.2) is 21.2 Å². The van der Waals surface area contributed by atoms with Crippen molar-refractivity contribution in [1.29, 1.82) is 0 Å². The topological polar surface area (TPSA) is 30.7 Å². The maximum Gasteiger partial charge on any atom is 0.459 e. The first-order valence-corrected chi connectivity index (χ1v) is 6.13. The van der Waals surface area contributed by atoms with Gasteiger partial charge in [-0.25, -0.2) is 4.68 Å². The summed E-state index contributed by atoms with van der Waals surface area (Å²) in [6.45, 7) is 3.47. The van der Waals surface area contributed by atoms with Gasteiger partial charge in [0.25, 0.3) is 0 Å². The molecular weight excluding hydrogens is 269 g/mol. The molecule has 0 unspecified atom stereocenters. The zero-order valence-electron chi connectivity index (χ0n) is 10.8. The monoisotopic (exact) mass is 285 g/mol. The minimum absolute atomic E-state index is 0.0138. The molecule has 0 radical (unpaired) electrons. The van der Waals surface area contributed by atoms with E-state index in [1.165, 1.54) is 0 Å². The first kappa shape index (κ1) is 15.8. The number of halogens is 5. The smallest absolute Gasteiger partial charge is 0.243 e. The van der Waals surface area contributed by atoms with Crippen molar-refractivity contribution in [3.63, 3.8) is 0 Å². The van der Waals surface area contributed by atoms with E-state index in [0.717, 1.165) is 0 Å². The number of unbranched alkanes of at least 4 members (excludes halogenated alkanes) is 1. The van der Waals surface area contributed by atoms with Crippen molar-refractivity contribution in [2.45, 2.75) is 58.2 Å². The standard InChI is InChI=1S/C11H16F5N3/c1-3-5-6-8-9(10(12,13)11(14,15)16)19(7-4-2)18-17-8/h3-7H2,1-2H3. The van der Waals surface area contributed by atoms with Crippen molar-refractivity contribution >= 4 is 0 Å². The van der Waals surface area contributed by atoms with Crippen molar-refractivity contribution in [3.05, 3.63) is 11.4 Å². The maximum absolute atomic E-state index is 13.5. The minimum atomic E-state index is -5.64. The Morgan fingerprint density at radius 2 is 1.68 bits per heavy atom. The molecule has 1 aromatic rings. The van der Waals surface area contributed by atoms with Crippen molar-refractivity contribution < 1.29 is 22.0 Å². The fourth-order valence-electron chi connectivity index (χ4n) is 1.71. The molecule has 3 nitrogen and oxygen atoms in total. The Morgan fingerprint density at radius 1 is 1.05 bits per heavy atom. The highest BCUT2D eigenvalue weighted by Gasteiger charge is 2.61. The lowest BCUT2D eigenvalue weighted by Crippen LogP contribution is -2.37. The van der Waals surface area contributed by atoms with E-state index in [-0.39, 0.29) is 18.7 Å². The molecule has 0 bridgehead atoms. The van der Waals surface area contributed by atoms with Crippen LogP contribution in [0.3, 0.4) is 0 Å². The Balaban J connectivity index is 3.23.